The Bertz CT molecular complexity index is 808. The van der Waals surface area contributed by atoms with Gasteiger partial charge in [0.2, 0.25) is 5.91 Å². The number of benzene rings is 2. The molecule has 1 N–H and O–H groups in total. The molecule has 2 aromatic carbocycles. The predicted octanol–water partition coefficient (Wildman–Crippen LogP) is 3.85. The summed E-state index contributed by atoms with van der Waals surface area (Å²) in [4.78, 5) is 26.7. The van der Waals surface area contributed by atoms with Crippen molar-refractivity contribution in [2.75, 3.05) is 13.2 Å². The number of amides is 2. The van der Waals surface area contributed by atoms with Gasteiger partial charge in [0.25, 0.3) is 5.91 Å². The highest BCUT2D eigenvalue weighted by Gasteiger charge is 2.27. The maximum Gasteiger partial charge on any atom is 0.261 e. The summed E-state index contributed by atoms with van der Waals surface area (Å²) in [5.74, 6) is -0.497. The quantitative estimate of drug-likeness (QED) is 0.617. The zero-order valence-corrected chi connectivity index (χ0v) is 17.3. The average Bonchev–Trinajstić information content (AvgIpc) is 2.72. The number of aryl methyl sites for hydroxylation is 1. The van der Waals surface area contributed by atoms with Crippen molar-refractivity contribution in [3.05, 3.63) is 65.5 Å². The molecule has 0 aliphatic rings. The summed E-state index contributed by atoms with van der Waals surface area (Å²) in [6.45, 7) is 5.94. The highest BCUT2D eigenvalue weighted by Crippen LogP contribution is 2.15. The Hall–Kier alpha value is -2.89. The molecule has 156 valence electrons. The van der Waals surface area contributed by atoms with Crippen LogP contribution in [-0.4, -0.2) is 35.9 Å². The number of nitrogens with one attached hydrogen (secondary N) is 1. The molecule has 0 bridgehead atoms. The minimum atomic E-state index is -0.749. The van der Waals surface area contributed by atoms with E-state index in [9.17, 15) is 14.0 Å². The van der Waals surface area contributed by atoms with E-state index in [-0.39, 0.29) is 25.0 Å². The highest BCUT2D eigenvalue weighted by molar-refractivity contribution is 5.87. The van der Waals surface area contributed by atoms with Crippen LogP contribution in [0.2, 0.25) is 0 Å². The molecule has 5 nitrogen and oxygen atoms in total. The van der Waals surface area contributed by atoms with E-state index in [1.54, 1.807) is 37.3 Å². The van der Waals surface area contributed by atoms with Crippen molar-refractivity contribution < 1.29 is 18.7 Å². The van der Waals surface area contributed by atoms with Crippen LogP contribution in [0.25, 0.3) is 0 Å². The Morgan fingerprint density at radius 2 is 1.83 bits per heavy atom. The van der Waals surface area contributed by atoms with Crippen molar-refractivity contribution >= 4 is 11.8 Å². The van der Waals surface area contributed by atoms with Gasteiger partial charge in [0, 0.05) is 18.7 Å². The molecule has 6 heteroatoms. The Morgan fingerprint density at radius 3 is 2.48 bits per heavy atom. The third kappa shape index (κ3) is 6.89. The lowest BCUT2D eigenvalue weighted by atomic mass is 10.1. The first-order valence-electron chi connectivity index (χ1n) is 9.92. The largest absolute Gasteiger partial charge is 0.484 e. The number of hydrogen-bond donors (Lipinski definition) is 1. The zero-order valence-electron chi connectivity index (χ0n) is 17.3. The molecular formula is C23H29FN2O3. The minimum Gasteiger partial charge on any atom is -0.484 e. The summed E-state index contributed by atoms with van der Waals surface area (Å²) in [6, 6.07) is 12.8. The maximum absolute atomic E-state index is 14.1. The molecule has 2 rings (SSSR count). The van der Waals surface area contributed by atoms with E-state index in [4.69, 9.17) is 4.74 Å². The molecule has 0 aromatic heterocycles. The maximum atomic E-state index is 14.1. The number of ether oxygens (including phenoxy) is 1. The van der Waals surface area contributed by atoms with E-state index in [0.717, 1.165) is 18.4 Å². The number of carbonyl (C=O) groups excluding carboxylic acids is 2. The molecule has 0 heterocycles. The third-order valence-electron chi connectivity index (χ3n) is 4.68. The fourth-order valence-corrected chi connectivity index (χ4v) is 2.79. The molecule has 0 radical (unpaired) electrons. The number of rotatable bonds is 10. The van der Waals surface area contributed by atoms with Crippen LogP contribution in [0.3, 0.4) is 0 Å². The Balaban J connectivity index is 2.11. The van der Waals surface area contributed by atoms with Gasteiger partial charge < -0.3 is 15.0 Å². The van der Waals surface area contributed by atoms with E-state index in [2.05, 4.69) is 5.32 Å². The molecular weight excluding hydrogens is 371 g/mol. The lowest BCUT2D eigenvalue weighted by Gasteiger charge is -2.29. The summed E-state index contributed by atoms with van der Waals surface area (Å²) in [7, 11) is 0. The molecule has 2 amide bonds. The fourth-order valence-electron chi connectivity index (χ4n) is 2.79. The van der Waals surface area contributed by atoms with Gasteiger partial charge in [-0.1, -0.05) is 49.2 Å². The normalized spacial score (nSPS) is 11.6. The van der Waals surface area contributed by atoms with Gasteiger partial charge >= 0.3 is 0 Å². The number of hydrogen-bond acceptors (Lipinski definition) is 3. The summed E-state index contributed by atoms with van der Waals surface area (Å²) in [6.07, 6.45) is 1.81. The highest BCUT2D eigenvalue weighted by atomic mass is 19.1. The van der Waals surface area contributed by atoms with Gasteiger partial charge in [-0.2, -0.15) is 0 Å². The Morgan fingerprint density at radius 1 is 1.14 bits per heavy atom. The molecule has 29 heavy (non-hydrogen) atoms. The summed E-state index contributed by atoms with van der Waals surface area (Å²) >= 11 is 0. The van der Waals surface area contributed by atoms with Crippen LogP contribution >= 0.6 is 0 Å². The topological polar surface area (TPSA) is 58.6 Å². The average molecular weight is 400 g/mol. The number of halogens is 1. The van der Waals surface area contributed by atoms with Crippen LogP contribution in [0, 0.1) is 12.7 Å². The molecule has 2 aromatic rings. The van der Waals surface area contributed by atoms with Gasteiger partial charge in [0.1, 0.15) is 17.6 Å². The first kappa shape index (κ1) is 22.4. The second-order valence-electron chi connectivity index (χ2n) is 7.04. The van der Waals surface area contributed by atoms with Gasteiger partial charge in [0.05, 0.1) is 0 Å². The molecule has 1 atom stereocenters. The fraction of sp³-hybridized carbons (Fsp3) is 0.391. The monoisotopic (exact) mass is 400 g/mol. The number of carbonyl (C=O) groups is 2. The molecule has 0 fully saturated rings. The van der Waals surface area contributed by atoms with Crippen LogP contribution < -0.4 is 10.1 Å². The van der Waals surface area contributed by atoms with Crippen LogP contribution in [0.4, 0.5) is 4.39 Å². The summed E-state index contributed by atoms with van der Waals surface area (Å²) in [5.41, 5.74) is 1.44. The van der Waals surface area contributed by atoms with Crippen molar-refractivity contribution in [2.45, 2.75) is 46.2 Å². The molecule has 0 aliphatic heterocycles. The van der Waals surface area contributed by atoms with Crippen molar-refractivity contribution in [2.24, 2.45) is 0 Å². The summed E-state index contributed by atoms with van der Waals surface area (Å²) in [5, 5.41) is 2.83. The molecule has 0 unspecified atom stereocenters. The van der Waals surface area contributed by atoms with Gasteiger partial charge in [-0.3, -0.25) is 9.59 Å². The lowest BCUT2D eigenvalue weighted by Crippen LogP contribution is -2.49. The predicted molar refractivity (Wildman–Crippen MR) is 111 cm³/mol. The van der Waals surface area contributed by atoms with Crippen LogP contribution in [0.15, 0.2) is 48.5 Å². The SMILES string of the molecule is CCCCNC(=O)[C@@H](C)N(Cc1ccccc1F)C(=O)COc1ccc(C)cc1. The number of nitrogens with zero attached hydrogens (tertiary/aromatic N) is 1. The second kappa shape index (κ2) is 11.2. The molecule has 0 spiro atoms. The Labute approximate surface area is 171 Å². The van der Waals surface area contributed by atoms with E-state index in [0.29, 0.717) is 17.9 Å². The van der Waals surface area contributed by atoms with Gasteiger partial charge in [-0.05, 0) is 38.5 Å². The first-order valence-corrected chi connectivity index (χ1v) is 9.92. The van der Waals surface area contributed by atoms with Gasteiger partial charge in [-0.15, -0.1) is 0 Å². The van der Waals surface area contributed by atoms with Crippen molar-refractivity contribution in [3.8, 4) is 5.75 Å². The standard InChI is InChI=1S/C23H29FN2O3/c1-4-5-14-25-23(28)18(3)26(15-19-8-6-7-9-21(19)24)22(27)16-29-20-12-10-17(2)11-13-20/h6-13,18H,4-5,14-16H2,1-3H3,(H,25,28)/t18-/m1/s1. The van der Waals surface area contributed by atoms with E-state index in [1.165, 1.54) is 11.0 Å². The Kier molecular flexibility index (Phi) is 8.65. The molecule has 0 saturated carbocycles. The summed E-state index contributed by atoms with van der Waals surface area (Å²) < 4.78 is 19.7. The van der Waals surface area contributed by atoms with Gasteiger partial charge in [0.15, 0.2) is 6.61 Å². The molecule has 0 aliphatic carbocycles. The van der Waals surface area contributed by atoms with Crippen molar-refractivity contribution in [1.82, 2.24) is 10.2 Å². The first-order chi connectivity index (χ1) is 13.9. The zero-order chi connectivity index (χ0) is 21.2. The van der Waals surface area contributed by atoms with E-state index < -0.39 is 11.9 Å². The smallest absolute Gasteiger partial charge is 0.261 e. The van der Waals surface area contributed by atoms with Crippen LogP contribution in [0.5, 0.6) is 5.75 Å². The van der Waals surface area contributed by atoms with Crippen molar-refractivity contribution in [3.63, 3.8) is 0 Å². The van der Waals surface area contributed by atoms with E-state index in [1.807, 2.05) is 26.0 Å². The second-order valence-corrected chi connectivity index (χ2v) is 7.04. The minimum absolute atomic E-state index is 0.00880. The number of unbranched alkanes of at least 4 members (excludes halogenated alkanes) is 1. The van der Waals surface area contributed by atoms with Crippen LogP contribution in [0.1, 0.15) is 37.8 Å². The molecule has 0 saturated heterocycles. The van der Waals surface area contributed by atoms with Gasteiger partial charge in [-0.25, -0.2) is 4.39 Å². The lowest BCUT2D eigenvalue weighted by molar-refractivity contribution is -0.142. The van der Waals surface area contributed by atoms with Crippen molar-refractivity contribution in [1.29, 1.82) is 0 Å². The third-order valence-corrected chi connectivity index (χ3v) is 4.68. The van der Waals surface area contributed by atoms with E-state index >= 15 is 0 Å². The van der Waals surface area contributed by atoms with Crippen LogP contribution in [-0.2, 0) is 16.1 Å².